The summed E-state index contributed by atoms with van der Waals surface area (Å²) in [5, 5.41) is 22.5. The van der Waals surface area contributed by atoms with E-state index in [4.69, 9.17) is 24.0 Å². The standard InChI is InChI=1S/C19H27N3O3.C14H19N3O.C12H14N2O/c1-19(2,3)24-18(23)20-10-13-22-11-8-14(9-12-22)17-15-6-4-5-7-16(15)25-21-17;15-7-10-17-8-5-11(6-9-17)14-12-3-1-2-4-13(12)18-16-14;1-2-4-11-10(3-1)12(14-15-11)9-5-7-13-8-6-9/h4-7,14H,8-13H2,1-3H3,(H,20,23);1-4,11H,5-10,15H2;1-4,9,13H,5-8H2. The topological polar surface area (TPSA) is 161 Å². The van der Waals surface area contributed by atoms with Crippen LogP contribution in [0.2, 0.25) is 0 Å². The zero-order valence-electron chi connectivity index (χ0n) is 34.3. The van der Waals surface area contributed by atoms with Crippen LogP contribution in [0, 0.1) is 0 Å². The molecule has 310 valence electrons. The summed E-state index contributed by atoms with van der Waals surface area (Å²) in [6.45, 7) is 15.2. The van der Waals surface area contributed by atoms with E-state index < -0.39 is 5.60 Å². The number of hydrogen-bond donors (Lipinski definition) is 3. The number of benzene rings is 3. The molecular formula is C45H60N8O5. The Labute approximate surface area is 340 Å². The van der Waals surface area contributed by atoms with Crippen molar-refractivity contribution in [3.05, 3.63) is 89.9 Å². The van der Waals surface area contributed by atoms with Gasteiger partial charge in [-0.1, -0.05) is 51.9 Å². The van der Waals surface area contributed by atoms with Gasteiger partial charge in [0.15, 0.2) is 16.7 Å². The molecule has 13 nitrogen and oxygen atoms in total. The number of ether oxygens (including phenoxy) is 1. The van der Waals surface area contributed by atoms with Crippen LogP contribution in [0.4, 0.5) is 4.79 Å². The second-order valence-corrected chi connectivity index (χ2v) is 16.7. The predicted molar refractivity (Wildman–Crippen MR) is 227 cm³/mol. The molecule has 4 N–H and O–H groups in total. The van der Waals surface area contributed by atoms with Crippen molar-refractivity contribution in [2.24, 2.45) is 5.73 Å². The first kappa shape index (κ1) is 41.3. The Morgan fingerprint density at radius 2 is 1.07 bits per heavy atom. The van der Waals surface area contributed by atoms with Crippen LogP contribution in [0.3, 0.4) is 0 Å². The number of carbonyl (C=O) groups is 1. The van der Waals surface area contributed by atoms with Crippen LogP contribution < -0.4 is 16.4 Å². The smallest absolute Gasteiger partial charge is 0.407 e. The van der Waals surface area contributed by atoms with Gasteiger partial charge in [-0.15, -0.1) is 0 Å². The Balaban J connectivity index is 0.000000137. The van der Waals surface area contributed by atoms with E-state index in [1.807, 2.05) is 75.4 Å². The second-order valence-electron chi connectivity index (χ2n) is 16.7. The second kappa shape index (κ2) is 19.8. The molecule has 1 amide bonds. The average Bonchev–Trinajstić information content (AvgIpc) is 3.99. The van der Waals surface area contributed by atoms with Gasteiger partial charge in [0.2, 0.25) is 0 Å². The number of nitrogens with one attached hydrogen (secondary N) is 2. The van der Waals surface area contributed by atoms with Gasteiger partial charge in [-0.05, 0) is 135 Å². The summed E-state index contributed by atoms with van der Waals surface area (Å²) >= 11 is 0. The van der Waals surface area contributed by atoms with Gasteiger partial charge < -0.3 is 44.5 Å². The molecule has 3 saturated heterocycles. The number of rotatable bonds is 8. The minimum atomic E-state index is -0.456. The summed E-state index contributed by atoms with van der Waals surface area (Å²) < 4.78 is 21.4. The molecule has 6 aromatic rings. The van der Waals surface area contributed by atoms with Crippen molar-refractivity contribution in [1.82, 2.24) is 35.9 Å². The number of nitrogens with two attached hydrogens (primary N) is 1. The summed E-state index contributed by atoms with van der Waals surface area (Å²) in [5.41, 5.74) is 11.2. The quantitative estimate of drug-likeness (QED) is 0.137. The van der Waals surface area contributed by atoms with Crippen LogP contribution in [-0.4, -0.2) is 102 Å². The Kier molecular flexibility index (Phi) is 14.1. The van der Waals surface area contributed by atoms with Crippen LogP contribution >= 0.6 is 0 Å². The number of aromatic nitrogens is 3. The highest BCUT2D eigenvalue weighted by Crippen LogP contribution is 2.34. The Bertz CT molecular complexity index is 2170. The summed E-state index contributed by atoms with van der Waals surface area (Å²) in [6.07, 6.45) is 6.39. The highest BCUT2D eigenvalue weighted by atomic mass is 16.6. The lowest BCUT2D eigenvalue weighted by molar-refractivity contribution is 0.0520. The molecule has 0 atom stereocenters. The summed E-state index contributed by atoms with van der Waals surface area (Å²) in [5.74, 6) is 1.54. The molecule has 0 radical (unpaired) electrons. The van der Waals surface area contributed by atoms with E-state index in [0.717, 1.165) is 137 Å². The van der Waals surface area contributed by atoms with Gasteiger partial charge in [0.25, 0.3) is 0 Å². The zero-order valence-corrected chi connectivity index (χ0v) is 34.3. The number of piperidine rings is 3. The van der Waals surface area contributed by atoms with E-state index in [2.05, 4.69) is 54.1 Å². The molecule has 9 rings (SSSR count). The van der Waals surface area contributed by atoms with E-state index >= 15 is 0 Å². The van der Waals surface area contributed by atoms with Gasteiger partial charge in [-0.3, -0.25) is 0 Å². The van der Waals surface area contributed by atoms with Crippen LogP contribution in [0.15, 0.2) is 86.4 Å². The maximum atomic E-state index is 11.7. The van der Waals surface area contributed by atoms with Gasteiger partial charge >= 0.3 is 6.09 Å². The maximum absolute atomic E-state index is 11.7. The molecule has 0 saturated carbocycles. The van der Waals surface area contributed by atoms with Gasteiger partial charge in [0.1, 0.15) is 5.60 Å². The zero-order chi connectivity index (χ0) is 40.3. The summed E-state index contributed by atoms with van der Waals surface area (Å²) in [4.78, 5) is 16.5. The molecule has 58 heavy (non-hydrogen) atoms. The molecule has 0 aliphatic carbocycles. The highest BCUT2D eigenvalue weighted by molar-refractivity contribution is 5.81. The summed E-state index contributed by atoms with van der Waals surface area (Å²) in [6, 6.07) is 24.3. The maximum Gasteiger partial charge on any atom is 0.407 e. The first-order chi connectivity index (χ1) is 28.3. The Morgan fingerprint density at radius 1 is 0.672 bits per heavy atom. The van der Waals surface area contributed by atoms with Crippen molar-refractivity contribution in [1.29, 1.82) is 0 Å². The number of nitrogens with zero attached hydrogens (tertiary/aromatic N) is 5. The molecule has 3 aromatic carbocycles. The predicted octanol–water partition coefficient (Wildman–Crippen LogP) is 7.79. The average molecular weight is 793 g/mol. The third-order valence-corrected chi connectivity index (χ3v) is 11.4. The molecule has 3 fully saturated rings. The molecule has 3 aliphatic rings. The molecular weight excluding hydrogens is 733 g/mol. The number of hydrogen-bond acceptors (Lipinski definition) is 12. The van der Waals surface area contributed by atoms with Gasteiger partial charge in [-0.2, -0.15) is 0 Å². The van der Waals surface area contributed by atoms with Gasteiger partial charge in [-0.25, -0.2) is 4.79 Å². The first-order valence-electron chi connectivity index (χ1n) is 21.1. The lowest BCUT2D eigenvalue weighted by Gasteiger charge is -2.31. The minimum absolute atomic E-state index is 0.351. The third-order valence-electron chi connectivity index (χ3n) is 11.4. The number of amides is 1. The molecule has 3 aromatic heterocycles. The van der Waals surface area contributed by atoms with Crippen molar-refractivity contribution in [3.63, 3.8) is 0 Å². The fraction of sp³-hybridized carbons (Fsp3) is 0.511. The molecule has 6 heterocycles. The molecule has 3 aliphatic heterocycles. The fourth-order valence-electron chi connectivity index (χ4n) is 8.37. The molecule has 0 bridgehead atoms. The number of alkyl carbamates (subject to hydrolysis) is 1. The molecule has 13 heteroatoms. The Morgan fingerprint density at radius 3 is 1.48 bits per heavy atom. The largest absolute Gasteiger partial charge is 0.444 e. The first-order valence-corrected chi connectivity index (χ1v) is 21.1. The van der Waals surface area contributed by atoms with Gasteiger partial charge in [0.05, 0.1) is 17.1 Å². The van der Waals surface area contributed by atoms with E-state index in [9.17, 15) is 4.79 Å². The van der Waals surface area contributed by atoms with Gasteiger partial charge in [0, 0.05) is 60.1 Å². The van der Waals surface area contributed by atoms with Crippen LogP contribution in [0.25, 0.3) is 32.9 Å². The van der Waals surface area contributed by atoms with Crippen LogP contribution in [0.5, 0.6) is 0 Å². The van der Waals surface area contributed by atoms with Crippen molar-refractivity contribution in [3.8, 4) is 0 Å². The molecule has 0 unspecified atom stereocenters. The third kappa shape index (κ3) is 10.8. The van der Waals surface area contributed by atoms with E-state index in [-0.39, 0.29) is 6.09 Å². The number of carbonyl (C=O) groups excluding carboxylic acids is 1. The van der Waals surface area contributed by atoms with E-state index in [0.29, 0.717) is 24.3 Å². The monoisotopic (exact) mass is 792 g/mol. The minimum Gasteiger partial charge on any atom is -0.444 e. The van der Waals surface area contributed by atoms with Crippen molar-refractivity contribution >= 4 is 39.0 Å². The van der Waals surface area contributed by atoms with Crippen LogP contribution in [0.1, 0.15) is 94.1 Å². The SMILES string of the molecule is CC(C)(C)OC(=O)NCCN1CCC(c2noc3ccccc23)CC1.NCCN1CCC(c2noc3ccccc23)CC1.c1ccc2c(C3CCNCC3)noc2c1. The lowest BCUT2D eigenvalue weighted by atomic mass is 9.91. The number of likely N-dealkylation sites (tertiary alicyclic amines) is 2. The number of para-hydroxylation sites is 3. The van der Waals surface area contributed by atoms with Crippen molar-refractivity contribution in [2.75, 3.05) is 65.4 Å². The van der Waals surface area contributed by atoms with Crippen LogP contribution in [-0.2, 0) is 4.74 Å². The van der Waals surface area contributed by atoms with E-state index in [1.165, 1.54) is 10.8 Å². The number of fused-ring (bicyclic) bond motifs is 3. The van der Waals surface area contributed by atoms with Crippen molar-refractivity contribution < 1.29 is 23.1 Å². The molecule has 0 spiro atoms. The van der Waals surface area contributed by atoms with Crippen molar-refractivity contribution in [2.45, 2.75) is 82.7 Å². The van der Waals surface area contributed by atoms with E-state index in [1.54, 1.807) is 0 Å². The summed E-state index contributed by atoms with van der Waals surface area (Å²) in [7, 11) is 0. The highest BCUT2D eigenvalue weighted by Gasteiger charge is 2.26. The normalized spacial score (nSPS) is 17.8. The Hall–Kier alpha value is -4.82. The lowest BCUT2D eigenvalue weighted by Crippen LogP contribution is -2.40. The fourth-order valence-corrected chi connectivity index (χ4v) is 8.37.